The molecule has 1 N–H and O–H groups in total. The fraction of sp³-hybridized carbons (Fsp3) is 0.308. The summed E-state index contributed by atoms with van der Waals surface area (Å²) in [5.41, 5.74) is 1.87. The van der Waals surface area contributed by atoms with Gasteiger partial charge in [0, 0.05) is 18.7 Å². The molecule has 4 rings (SSSR count). The second kappa shape index (κ2) is 9.12. The lowest BCUT2D eigenvalue weighted by atomic mass is 9.81. The van der Waals surface area contributed by atoms with Gasteiger partial charge in [0.15, 0.2) is 0 Å². The normalized spacial score (nSPS) is 15.8. The molecule has 1 aliphatic heterocycles. The van der Waals surface area contributed by atoms with Crippen LogP contribution in [0.5, 0.6) is 0 Å². The number of likely N-dealkylation sites (tertiary alicyclic amines) is 1. The molecular formula is C26H27NO3. The summed E-state index contributed by atoms with van der Waals surface area (Å²) >= 11 is 0. The summed E-state index contributed by atoms with van der Waals surface area (Å²) in [7, 11) is 0. The van der Waals surface area contributed by atoms with Crippen molar-refractivity contribution < 1.29 is 14.7 Å². The van der Waals surface area contributed by atoms with Crippen LogP contribution in [0.1, 0.15) is 35.2 Å². The van der Waals surface area contributed by atoms with Crippen LogP contribution in [-0.4, -0.2) is 35.0 Å². The molecule has 0 aliphatic carbocycles. The molecule has 1 amide bonds. The summed E-state index contributed by atoms with van der Waals surface area (Å²) in [6.07, 6.45) is 2.90. The lowest BCUT2D eigenvalue weighted by molar-refractivity contribution is -0.144. The number of nitrogens with zero attached hydrogens (tertiary/aromatic N) is 1. The number of carboxylic acids is 1. The third kappa shape index (κ3) is 4.54. The van der Waals surface area contributed by atoms with E-state index in [0.717, 1.165) is 30.0 Å². The fourth-order valence-electron chi connectivity index (χ4n) is 4.54. The smallest absolute Gasteiger partial charge is 0.306 e. The van der Waals surface area contributed by atoms with Crippen molar-refractivity contribution in [2.75, 3.05) is 13.1 Å². The highest BCUT2D eigenvalue weighted by molar-refractivity contribution is 5.98. The number of rotatable bonds is 6. The molecule has 4 nitrogen and oxygen atoms in total. The van der Waals surface area contributed by atoms with Crippen LogP contribution in [0.2, 0.25) is 0 Å². The molecule has 0 aromatic heterocycles. The average Bonchev–Trinajstić information content (AvgIpc) is 2.79. The molecule has 1 aliphatic rings. The number of amides is 1. The van der Waals surface area contributed by atoms with Gasteiger partial charge in [-0.3, -0.25) is 9.59 Å². The van der Waals surface area contributed by atoms with Crippen molar-refractivity contribution in [2.45, 2.75) is 25.7 Å². The van der Waals surface area contributed by atoms with E-state index in [1.807, 2.05) is 77.7 Å². The molecule has 154 valence electrons. The Kier molecular flexibility index (Phi) is 6.12. The van der Waals surface area contributed by atoms with E-state index in [1.165, 1.54) is 5.56 Å². The summed E-state index contributed by atoms with van der Waals surface area (Å²) in [5.74, 6) is -0.921. The van der Waals surface area contributed by atoms with Crippen molar-refractivity contribution in [3.05, 3.63) is 83.9 Å². The van der Waals surface area contributed by atoms with Crippen molar-refractivity contribution in [1.29, 1.82) is 0 Å². The van der Waals surface area contributed by atoms with E-state index < -0.39 is 5.97 Å². The van der Waals surface area contributed by atoms with Gasteiger partial charge >= 0.3 is 5.97 Å². The van der Waals surface area contributed by atoms with E-state index in [1.54, 1.807) is 0 Å². The Hall–Kier alpha value is -3.14. The Balaban J connectivity index is 1.37. The zero-order valence-electron chi connectivity index (χ0n) is 17.0. The number of aliphatic carboxylic acids is 1. The Labute approximate surface area is 177 Å². The standard InChI is InChI=1S/C26H27NO3/c28-25(23-12-11-20-8-4-5-9-22(20)18-23)27-16-14-21(15-17-27)24(26(29)30)13-10-19-6-2-1-3-7-19/h1-9,11-12,18,21,24H,10,13-17H2,(H,29,30). The van der Waals surface area contributed by atoms with E-state index in [4.69, 9.17) is 0 Å². The number of benzene rings is 3. The second-order valence-electron chi connectivity index (χ2n) is 8.16. The fourth-order valence-corrected chi connectivity index (χ4v) is 4.54. The average molecular weight is 402 g/mol. The molecule has 0 spiro atoms. The zero-order chi connectivity index (χ0) is 20.9. The monoisotopic (exact) mass is 401 g/mol. The van der Waals surface area contributed by atoms with Gasteiger partial charge in [-0.1, -0.05) is 60.7 Å². The van der Waals surface area contributed by atoms with Crippen molar-refractivity contribution >= 4 is 22.6 Å². The first-order valence-corrected chi connectivity index (χ1v) is 10.7. The Morgan fingerprint density at radius 3 is 2.27 bits per heavy atom. The van der Waals surface area contributed by atoms with E-state index in [2.05, 4.69) is 0 Å². The highest BCUT2D eigenvalue weighted by Crippen LogP contribution is 2.30. The first-order chi connectivity index (χ1) is 14.6. The molecule has 1 saturated heterocycles. The molecule has 3 aromatic carbocycles. The van der Waals surface area contributed by atoms with Gasteiger partial charge in [0.1, 0.15) is 0 Å². The topological polar surface area (TPSA) is 57.6 Å². The van der Waals surface area contributed by atoms with Crippen LogP contribution in [0, 0.1) is 11.8 Å². The van der Waals surface area contributed by atoms with E-state index >= 15 is 0 Å². The quantitative estimate of drug-likeness (QED) is 0.631. The van der Waals surface area contributed by atoms with Crippen LogP contribution in [0.3, 0.4) is 0 Å². The Bertz CT molecular complexity index is 1020. The van der Waals surface area contributed by atoms with Crippen molar-refractivity contribution in [3.63, 3.8) is 0 Å². The number of carbonyl (C=O) groups is 2. The summed E-state index contributed by atoms with van der Waals surface area (Å²) < 4.78 is 0. The van der Waals surface area contributed by atoms with Gasteiger partial charge in [-0.25, -0.2) is 0 Å². The molecule has 1 unspecified atom stereocenters. The van der Waals surface area contributed by atoms with Gasteiger partial charge in [-0.15, -0.1) is 0 Å². The molecule has 0 saturated carbocycles. The summed E-state index contributed by atoms with van der Waals surface area (Å²) in [6, 6.07) is 23.9. The van der Waals surface area contributed by atoms with E-state index in [0.29, 0.717) is 25.1 Å². The number of carboxylic acid groups (broad SMARTS) is 1. The summed E-state index contributed by atoms with van der Waals surface area (Å²) in [4.78, 5) is 26.7. The number of aryl methyl sites for hydroxylation is 1. The zero-order valence-corrected chi connectivity index (χ0v) is 17.0. The lowest BCUT2D eigenvalue weighted by Gasteiger charge is -2.35. The van der Waals surface area contributed by atoms with Crippen LogP contribution in [0.4, 0.5) is 0 Å². The van der Waals surface area contributed by atoms with Crippen LogP contribution >= 0.6 is 0 Å². The SMILES string of the molecule is O=C(O)C(CCc1ccccc1)C1CCN(C(=O)c2ccc3ccccc3c2)CC1. The van der Waals surface area contributed by atoms with Crippen LogP contribution in [0.25, 0.3) is 10.8 Å². The molecule has 3 aromatic rings. The predicted octanol–water partition coefficient (Wildman–Crippen LogP) is 5.03. The van der Waals surface area contributed by atoms with Gasteiger partial charge in [0.2, 0.25) is 0 Å². The van der Waals surface area contributed by atoms with Crippen LogP contribution in [-0.2, 0) is 11.2 Å². The maximum absolute atomic E-state index is 13.0. The van der Waals surface area contributed by atoms with Gasteiger partial charge in [0.05, 0.1) is 5.92 Å². The third-order valence-corrected chi connectivity index (χ3v) is 6.30. The predicted molar refractivity (Wildman–Crippen MR) is 118 cm³/mol. The Morgan fingerprint density at radius 2 is 1.57 bits per heavy atom. The molecule has 4 heteroatoms. The highest BCUT2D eigenvalue weighted by Gasteiger charge is 2.32. The first kappa shape index (κ1) is 20.1. The van der Waals surface area contributed by atoms with Gasteiger partial charge in [-0.2, -0.15) is 0 Å². The maximum Gasteiger partial charge on any atom is 0.306 e. The lowest BCUT2D eigenvalue weighted by Crippen LogP contribution is -2.41. The van der Waals surface area contributed by atoms with Crippen molar-refractivity contribution in [3.8, 4) is 0 Å². The molecule has 0 radical (unpaired) electrons. The summed E-state index contributed by atoms with van der Waals surface area (Å²) in [6.45, 7) is 1.23. The largest absolute Gasteiger partial charge is 0.481 e. The summed E-state index contributed by atoms with van der Waals surface area (Å²) in [5, 5.41) is 12.0. The minimum absolute atomic E-state index is 0.0374. The van der Waals surface area contributed by atoms with Crippen molar-refractivity contribution in [2.24, 2.45) is 11.8 Å². The molecule has 1 fully saturated rings. The first-order valence-electron chi connectivity index (χ1n) is 10.7. The number of hydrogen-bond acceptors (Lipinski definition) is 2. The van der Waals surface area contributed by atoms with Crippen LogP contribution in [0.15, 0.2) is 72.8 Å². The van der Waals surface area contributed by atoms with E-state index in [-0.39, 0.29) is 17.7 Å². The minimum Gasteiger partial charge on any atom is -0.481 e. The van der Waals surface area contributed by atoms with Crippen LogP contribution < -0.4 is 0 Å². The molecule has 30 heavy (non-hydrogen) atoms. The number of piperidine rings is 1. The minimum atomic E-state index is -0.717. The second-order valence-corrected chi connectivity index (χ2v) is 8.16. The van der Waals surface area contributed by atoms with Gasteiger partial charge in [-0.05, 0) is 60.1 Å². The Morgan fingerprint density at radius 1 is 0.900 bits per heavy atom. The molecule has 1 heterocycles. The number of fused-ring (bicyclic) bond motifs is 1. The van der Waals surface area contributed by atoms with E-state index in [9.17, 15) is 14.7 Å². The maximum atomic E-state index is 13.0. The van der Waals surface area contributed by atoms with Crippen molar-refractivity contribution in [1.82, 2.24) is 4.90 Å². The highest BCUT2D eigenvalue weighted by atomic mass is 16.4. The number of hydrogen-bond donors (Lipinski definition) is 1. The van der Waals surface area contributed by atoms with Gasteiger partial charge < -0.3 is 10.0 Å². The molecular weight excluding hydrogens is 374 g/mol. The van der Waals surface area contributed by atoms with Gasteiger partial charge in [0.25, 0.3) is 5.91 Å². The molecule has 0 bridgehead atoms. The number of carbonyl (C=O) groups excluding carboxylic acids is 1. The third-order valence-electron chi connectivity index (χ3n) is 6.30. The molecule has 1 atom stereocenters.